The van der Waals surface area contributed by atoms with E-state index in [1.807, 2.05) is 24.4 Å². The molecule has 2 N–H and O–H groups in total. The van der Waals surface area contributed by atoms with E-state index in [1.165, 1.54) is 15.9 Å². The molecule has 1 atom stereocenters. The van der Waals surface area contributed by atoms with Crippen molar-refractivity contribution in [1.82, 2.24) is 4.57 Å². The van der Waals surface area contributed by atoms with Gasteiger partial charge in [0.25, 0.3) is 0 Å². The van der Waals surface area contributed by atoms with Crippen LogP contribution in [0.1, 0.15) is 22.0 Å². The monoisotopic (exact) mass is 308 g/mol. The molecular formula is C14H13ClN2O2S. The number of thiophene rings is 1. The molecule has 3 rings (SSSR count). The van der Waals surface area contributed by atoms with Gasteiger partial charge in [0, 0.05) is 11.9 Å². The van der Waals surface area contributed by atoms with Gasteiger partial charge in [-0.25, -0.2) is 4.79 Å². The highest BCUT2D eigenvalue weighted by Crippen LogP contribution is 2.35. The minimum atomic E-state index is -0.379. The summed E-state index contributed by atoms with van der Waals surface area (Å²) in [5.41, 5.74) is 9.45. The van der Waals surface area contributed by atoms with E-state index in [2.05, 4.69) is 0 Å². The molecule has 0 saturated carbocycles. The average Bonchev–Trinajstić information content (AvgIpc) is 2.91. The van der Waals surface area contributed by atoms with Crippen LogP contribution < -0.4 is 11.5 Å². The zero-order valence-corrected chi connectivity index (χ0v) is 12.6. The van der Waals surface area contributed by atoms with Gasteiger partial charge in [0.05, 0.1) is 16.6 Å². The Labute approximate surface area is 124 Å². The first-order valence-corrected chi connectivity index (χ1v) is 7.33. The third-order valence-electron chi connectivity index (χ3n) is 3.38. The summed E-state index contributed by atoms with van der Waals surface area (Å²) in [5.74, 6) is -0.379. The van der Waals surface area contributed by atoms with E-state index in [9.17, 15) is 4.79 Å². The van der Waals surface area contributed by atoms with Gasteiger partial charge in [-0.05, 0) is 35.6 Å². The van der Waals surface area contributed by atoms with Gasteiger partial charge < -0.3 is 10.2 Å². The summed E-state index contributed by atoms with van der Waals surface area (Å²) in [4.78, 5) is 12.4. The quantitative estimate of drug-likeness (QED) is 0.791. The predicted molar refractivity (Wildman–Crippen MR) is 81.6 cm³/mol. The summed E-state index contributed by atoms with van der Waals surface area (Å²) >= 11 is 7.79. The summed E-state index contributed by atoms with van der Waals surface area (Å²) in [5, 5.41) is 2.69. The van der Waals surface area contributed by atoms with Crippen LogP contribution in [0.15, 0.2) is 32.8 Å². The van der Waals surface area contributed by atoms with E-state index in [4.69, 9.17) is 21.8 Å². The molecule has 0 bridgehead atoms. The van der Waals surface area contributed by atoms with Crippen molar-refractivity contribution in [2.24, 2.45) is 12.8 Å². The average molecular weight is 309 g/mol. The van der Waals surface area contributed by atoms with Crippen LogP contribution in [0.4, 0.5) is 0 Å². The molecule has 1 unspecified atom stereocenters. The summed E-state index contributed by atoms with van der Waals surface area (Å²) in [6.07, 6.45) is 0. The van der Waals surface area contributed by atoms with Crippen molar-refractivity contribution in [2.45, 2.75) is 13.0 Å². The number of aryl methyl sites for hydroxylation is 2. The number of oxazole rings is 1. The lowest BCUT2D eigenvalue weighted by molar-refractivity contribution is 0.527. The van der Waals surface area contributed by atoms with Gasteiger partial charge in [-0.1, -0.05) is 17.7 Å². The van der Waals surface area contributed by atoms with E-state index < -0.39 is 0 Å². The Hall–Kier alpha value is -1.56. The van der Waals surface area contributed by atoms with E-state index in [-0.39, 0.29) is 11.8 Å². The van der Waals surface area contributed by atoms with Crippen molar-refractivity contribution in [3.63, 3.8) is 0 Å². The number of aromatic nitrogens is 1. The molecule has 3 aromatic rings. The highest BCUT2D eigenvalue weighted by Gasteiger charge is 2.17. The number of rotatable bonds is 2. The topological polar surface area (TPSA) is 61.2 Å². The molecule has 0 aliphatic carbocycles. The Morgan fingerprint density at radius 3 is 2.85 bits per heavy atom. The zero-order chi connectivity index (χ0) is 14.4. The molecule has 20 heavy (non-hydrogen) atoms. The van der Waals surface area contributed by atoms with Crippen molar-refractivity contribution >= 4 is 34.0 Å². The van der Waals surface area contributed by atoms with Crippen molar-refractivity contribution in [1.29, 1.82) is 0 Å². The van der Waals surface area contributed by atoms with E-state index in [0.717, 1.165) is 21.5 Å². The number of nitrogens with zero attached hydrogens (tertiary/aromatic N) is 1. The maximum atomic E-state index is 11.5. The van der Waals surface area contributed by atoms with Gasteiger partial charge in [0.2, 0.25) is 0 Å². The molecule has 2 heterocycles. The molecule has 104 valence electrons. The maximum Gasteiger partial charge on any atom is 0.419 e. The van der Waals surface area contributed by atoms with Crippen molar-refractivity contribution in [3.8, 4) is 0 Å². The predicted octanol–water partition coefficient (Wildman–Crippen LogP) is 3.20. The Kier molecular flexibility index (Phi) is 3.20. The molecular weight excluding hydrogens is 296 g/mol. The van der Waals surface area contributed by atoms with Gasteiger partial charge in [-0.2, -0.15) is 0 Å². The highest BCUT2D eigenvalue weighted by atomic mass is 35.5. The molecule has 0 radical (unpaired) electrons. The first-order valence-electron chi connectivity index (χ1n) is 6.07. The Morgan fingerprint density at radius 1 is 1.45 bits per heavy atom. The largest absolute Gasteiger partial charge is 0.419 e. The summed E-state index contributed by atoms with van der Waals surface area (Å²) in [6.45, 7) is 1.95. The van der Waals surface area contributed by atoms with Crippen molar-refractivity contribution in [3.05, 3.63) is 55.2 Å². The fourth-order valence-corrected chi connectivity index (χ4v) is 3.49. The smallest absolute Gasteiger partial charge is 0.408 e. The lowest BCUT2D eigenvalue weighted by Gasteiger charge is -2.11. The van der Waals surface area contributed by atoms with Crippen LogP contribution in [0.5, 0.6) is 0 Å². The Morgan fingerprint density at radius 2 is 2.20 bits per heavy atom. The van der Waals surface area contributed by atoms with Gasteiger partial charge in [-0.15, -0.1) is 11.3 Å². The number of hydrogen-bond acceptors (Lipinski definition) is 4. The van der Waals surface area contributed by atoms with Crippen LogP contribution in [0.2, 0.25) is 5.02 Å². The molecule has 2 aromatic heterocycles. The van der Waals surface area contributed by atoms with Crippen molar-refractivity contribution in [2.75, 3.05) is 0 Å². The molecule has 0 spiro atoms. The molecule has 0 aliphatic rings. The molecule has 0 aliphatic heterocycles. The molecule has 4 nitrogen and oxygen atoms in total. The highest BCUT2D eigenvalue weighted by molar-refractivity contribution is 7.10. The maximum absolute atomic E-state index is 11.5. The second-order valence-electron chi connectivity index (χ2n) is 4.73. The zero-order valence-electron chi connectivity index (χ0n) is 11.0. The molecule has 0 saturated heterocycles. The fraction of sp³-hybridized carbons (Fsp3) is 0.214. The SMILES string of the molecule is Cc1csc(C(N)c2ccc3c(c2)oc(=O)n3C)c1Cl. The first kappa shape index (κ1) is 13.4. The second kappa shape index (κ2) is 4.77. The molecule has 0 amide bonds. The van der Waals surface area contributed by atoms with E-state index in [0.29, 0.717) is 10.6 Å². The van der Waals surface area contributed by atoms with Crippen LogP contribution in [-0.4, -0.2) is 4.57 Å². The molecule has 0 fully saturated rings. The van der Waals surface area contributed by atoms with Crippen LogP contribution in [-0.2, 0) is 7.05 Å². The fourth-order valence-electron chi connectivity index (χ4n) is 2.15. The van der Waals surface area contributed by atoms with E-state index in [1.54, 1.807) is 13.1 Å². The number of nitrogens with two attached hydrogens (primary N) is 1. The van der Waals surface area contributed by atoms with Crippen molar-refractivity contribution < 1.29 is 4.42 Å². The molecule has 6 heteroatoms. The van der Waals surface area contributed by atoms with Gasteiger partial charge in [0.15, 0.2) is 5.58 Å². The van der Waals surface area contributed by atoms with Crippen LogP contribution >= 0.6 is 22.9 Å². The molecule has 1 aromatic carbocycles. The van der Waals surface area contributed by atoms with Gasteiger partial charge >= 0.3 is 5.76 Å². The Balaban J connectivity index is 2.10. The number of fused-ring (bicyclic) bond motifs is 1. The number of halogens is 1. The first-order chi connectivity index (χ1) is 9.49. The number of benzene rings is 1. The van der Waals surface area contributed by atoms with Crippen LogP contribution in [0, 0.1) is 6.92 Å². The summed E-state index contributed by atoms with van der Waals surface area (Å²) in [6, 6.07) is 5.21. The van der Waals surface area contributed by atoms with Crippen LogP contribution in [0.25, 0.3) is 11.1 Å². The van der Waals surface area contributed by atoms with E-state index >= 15 is 0 Å². The Bertz CT molecular complexity index is 847. The third-order valence-corrected chi connectivity index (χ3v) is 5.18. The minimum absolute atomic E-state index is 0.323. The van der Waals surface area contributed by atoms with Crippen LogP contribution in [0.3, 0.4) is 0 Å². The number of hydrogen-bond donors (Lipinski definition) is 1. The summed E-state index contributed by atoms with van der Waals surface area (Å²) in [7, 11) is 1.67. The summed E-state index contributed by atoms with van der Waals surface area (Å²) < 4.78 is 6.65. The van der Waals surface area contributed by atoms with Gasteiger partial charge in [-0.3, -0.25) is 4.57 Å². The lowest BCUT2D eigenvalue weighted by Crippen LogP contribution is -2.10. The lowest BCUT2D eigenvalue weighted by atomic mass is 10.1. The standard InChI is InChI=1S/C14H13ClN2O2S/c1-7-6-20-13(11(7)15)12(16)8-3-4-9-10(5-8)19-14(18)17(9)2/h3-6,12H,16H2,1-2H3. The minimum Gasteiger partial charge on any atom is -0.408 e. The second-order valence-corrected chi connectivity index (χ2v) is 6.02. The normalized spacial score (nSPS) is 13.0. The van der Waals surface area contributed by atoms with Gasteiger partial charge in [0.1, 0.15) is 0 Å². The third kappa shape index (κ3) is 1.98.